The summed E-state index contributed by atoms with van der Waals surface area (Å²) in [4.78, 5) is 12.5. The van der Waals surface area contributed by atoms with Gasteiger partial charge in [0.25, 0.3) is 5.91 Å². The van der Waals surface area contributed by atoms with Crippen molar-refractivity contribution in [3.05, 3.63) is 89.5 Å². The molecular weight excluding hydrogens is 380 g/mol. The van der Waals surface area contributed by atoms with Gasteiger partial charge in [-0.3, -0.25) is 4.79 Å². The number of amides is 1. The molecule has 6 nitrogen and oxygen atoms in total. The summed E-state index contributed by atoms with van der Waals surface area (Å²) in [5, 5.41) is 4.02. The van der Waals surface area contributed by atoms with Crippen LogP contribution < -0.4 is 19.6 Å². The van der Waals surface area contributed by atoms with Gasteiger partial charge in [0.1, 0.15) is 12.4 Å². The molecule has 0 aromatic heterocycles. The number of nitrogens with zero attached hydrogens (tertiary/aromatic N) is 1. The van der Waals surface area contributed by atoms with E-state index in [9.17, 15) is 4.79 Å². The molecule has 0 spiro atoms. The largest absolute Gasteiger partial charge is 0.496 e. The van der Waals surface area contributed by atoms with Crippen LogP contribution in [0.4, 0.5) is 0 Å². The van der Waals surface area contributed by atoms with E-state index in [0.717, 1.165) is 11.1 Å². The van der Waals surface area contributed by atoms with E-state index in [-0.39, 0.29) is 5.91 Å². The van der Waals surface area contributed by atoms with Gasteiger partial charge in [-0.15, -0.1) is 0 Å². The average Bonchev–Trinajstić information content (AvgIpc) is 2.79. The van der Waals surface area contributed by atoms with Gasteiger partial charge in [-0.2, -0.15) is 5.10 Å². The zero-order chi connectivity index (χ0) is 21.2. The minimum Gasteiger partial charge on any atom is -0.496 e. The monoisotopic (exact) mass is 404 g/mol. The number of para-hydroxylation sites is 1. The van der Waals surface area contributed by atoms with Gasteiger partial charge in [0.05, 0.1) is 19.9 Å². The van der Waals surface area contributed by atoms with Crippen molar-refractivity contribution in [3.63, 3.8) is 0 Å². The third kappa shape index (κ3) is 5.61. The van der Waals surface area contributed by atoms with Crippen molar-refractivity contribution in [1.82, 2.24) is 5.43 Å². The highest BCUT2D eigenvalue weighted by molar-refractivity contribution is 5.95. The van der Waals surface area contributed by atoms with E-state index < -0.39 is 0 Å². The van der Waals surface area contributed by atoms with E-state index in [2.05, 4.69) is 10.5 Å². The Morgan fingerprint density at radius 3 is 2.47 bits per heavy atom. The van der Waals surface area contributed by atoms with Crippen LogP contribution >= 0.6 is 0 Å². The Bertz CT molecular complexity index is 1000. The molecule has 0 unspecified atom stereocenters. The number of carbonyl (C=O) groups is 1. The molecule has 6 heteroatoms. The Balaban J connectivity index is 1.68. The lowest BCUT2D eigenvalue weighted by Gasteiger charge is -2.13. The molecule has 3 rings (SSSR count). The van der Waals surface area contributed by atoms with E-state index in [4.69, 9.17) is 14.2 Å². The van der Waals surface area contributed by atoms with Gasteiger partial charge in [0, 0.05) is 11.1 Å². The number of methoxy groups -OCH3 is 1. The van der Waals surface area contributed by atoms with Crippen molar-refractivity contribution >= 4 is 12.1 Å². The molecule has 30 heavy (non-hydrogen) atoms. The van der Waals surface area contributed by atoms with Gasteiger partial charge in [-0.1, -0.05) is 42.5 Å². The molecule has 0 fully saturated rings. The molecule has 0 atom stereocenters. The molecular formula is C24H24N2O4. The van der Waals surface area contributed by atoms with Crippen molar-refractivity contribution in [2.45, 2.75) is 13.5 Å². The molecule has 154 valence electrons. The SMILES string of the molecule is CCOc1cc(C(=O)N/N=C/c2ccccc2OC)ccc1OCc1ccccc1. The van der Waals surface area contributed by atoms with E-state index in [1.54, 1.807) is 25.3 Å². The lowest BCUT2D eigenvalue weighted by molar-refractivity contribution is 0.0954. The van der Waals surface area contributed by atoms with Gasteiger partial charge >= 0.3 is 0 Å². The second-order valence-corrected chi connectivity index (χ2v) is 6.31. The second kappa shape index (κ2) is 10.7. The highest BCUT2D eigenvalue weighted by atomic mass is 16.5. The Kier molecular flexibility index (Phi) is 7.44. The minimum absolute atomic E-state index is 0.350. The minimum atomic E-state index is -0.350. The van der Waals surface area contributed by atoms with Gasteiger partial charge in [0.2, 0.25) is 0 Å². The number of rotatable bonds is 9. The maximum Gasteiger partial charge on any atom is 0.271 e. The molecule has 0 saturated carbocycles. The summed E-state index contributed by atoms with van der Waals surface area (Å²) in [6.45, 7) is 2.75. The third-order valence-corrected chi connectivity index (χ3v) is 4.25. The average molecular weight is 404 g/mol. The number of hydrogen-bond donors (Lipinski definition) is 1. The van der Waals surface area contributed by atoms with Gasteiger partial charge in [0.15, 0.2) is 11.5 Å². The highest BCUT2D eigenvalue weighted by Crippen LogP contribution is 2.29. The number of nitrogens with one attached hydrogen (secondary N) is 1. The lowest BCUT2D eigenvalue weighted by Crippen LogP contribution is -2.17. The van der Waals surface area contributed by atoms with E-state index in [1.165, 1.54) is 6.21 Å². The van der Waals surface area contributed by atoms with Crippen LogP contribution in [0.2, 0.25) is 0 Å². The summed E-state index contributed by atoms with van der Waals surface area (Å²) >= 11 is 0. The molecule has 0 bridgehead atoms. The summed E-state index contributed by atoms with van der Waals surface area (Å²) < 4.78 is 16.8. The zero-order valence-electron chi connectivity index (χ0n) is 17.0. The molecule has 0 aliphatic heterocycles. The van der Waals surface area contributed by atoms with Crippen LogP contribution in [-0.4, -0.2) is 25.8 Å². The molecule has 3 aromatic rings. The van der Waals surface area contributed by atoms with E-state index in [0.29, 0.717) is 36.0 Å². The van der Waals surface area contributed by atoms with E-state index >= 15 is 0 Å². The fraction of sp³-hybridized carbons (Fsp3) is 0.167. The first-order valence-corrected chi connectivity index (χ1v) is 9.61. The molecule has 3 aromatic carbocycles. The lowest BCUT2D eigenvalue weighted by atomic mass is 10.2. The zero-order valence-corrected chi connectivity index (χ0v) is 17.0. The first-order valence-electron chi connectivity index (χ1n) is 9.61. The predicted molar refractivity (Wildman–Crippen MR) is 116 cm³/mol. The molecule has 0 aliphatic carbocycles. The number of hydrazone groups is 1. The van der Waals surface area contributed by atoms with Crippen LogP contribution in [0.5, 0.6) is 17.2 Å². The third-order valence-electron chi connectivity index (χ3n) is 4.25. The summed E-state index contributed by atoms with van der Waals surface area (Å²) in [6.07, 6.45) is 1.54. The van der Waals surface area contributed by atoms with Crippen LogP contribution in [0.15, 0.2) is 77.9 Å². The smallest absolute Gasteiger partial charge is 0.271 e. The van der Waals surface area contributed by atoms with Crippen molar-refractivity contribution < 1.29 is 19.0 Å². The van der Waals surface area contributed by atoms with E-state index in [1.807, 2.05) is 61.5 Å². The van der Waals surface area contributed by atoms with Gasteiger partial charge < -0.3 is 14.2 Å². The molecule has 1 amide bonds. The van der Waals surface area contributed by atoms with Crippen LogP contribution in [0.3, 0.4) is 0 Å². The Labute approximate surface area is 176 Å². The maximum absolute atomic E-state index is 12.5. The first-order chi connectivity index (χ1) is 14.7. The van der Waals surface area contributed by atoms with Crippen molar-refractivity contribution in [3.8, 4) is 17.2 Å². The second-order valence-electron chi connectivity index (χ2n) is 6.31. The summed E-state index contributed by atoms with van der Waals surface area (Å²) in [5.41, 5.74) is 4.76. The van der Waals surface area contributed by atoms with Crippen LogP contribution in [-0.2, 0) is 6.61 Å². The molecule has 0 saturated heterocycles. The maximum atomic E-state index is 12.5. The van der Waals surface area contributed by atoms with Crippen molar-refractivity contribution in [1.29, 1.82) is 0 Å². The summed E-state index contributed by atoms with van der Waals surface area (Å²) in [7, 11) is 1.59. The Morgan fingerprint density at radius 1 is 0.933 bits per heavy atom. The van der Waals surface area contributed by atoms with Gasteiger partial charge in [-0.25, -0.2) is 5.43 Å². The van der Waals surface area contributed by atoms with Crippen LogP contribution in [0.1, 0.15) is 28.4 Å². The molecule has 1 N–H and O–H groups in total. The summed E-state index contributed by atoms with van der Waals surface area (Å²) in [6, 6.07) is 22.3. The standard InChI is InChI=1S/C24H24N2O4/c1-3-29-23-15-19(13-14-22(23)30-17-18-9-5-4-6-10-18)24(27)26-25-16-20-11-7-8-12-21(20)28-2/h4-16H,3,17H2,1-2H3,(H,26,27)/b25-16+. The predicted octanol–water partition coefficient (Wildman–Crippen LogP) is 4.44. The van der Waals surface area contributed by atoms with Crippen molar-refractivity contribution in [2.24, 2.45) is 5.10 Å². The first kappa shape index (κ1) is 20.9. The molecule has 0 radical (unpaired) electrons. The number of carbonyl (C=O) groups excluding carboxylic acids is 1. The van der Waals surface area contributed by atoms with Crippen LogP contribution in [0, 0.1) is 0 Å². The van der Waals surface area contributed by atoms with Crippen LogP contribution in [0.25, 0.3) is 0 Å². The number of hydrogen-bond acceptors (Lipinski definition) is 5. The molecule has 0 heterocycles. The number of benzene rings is 3. The van der Waals surface area contributed by atoms with Gasteiger partial charge in [-0.05, 0) is 42.8 Å². The number of ether oxygens (including phenoxy) is 3. The molecule has 0 aliphatic rings. The fourth-order valence-corrected chi connectivity index (χ4v) is 2.77. The normalized spacial score (nSPS) is 10.6. The fourth-order valence-electron chi connectivity index (χ4n) is 2.77. The quantitative estimate of drug-likeness (QED) is 0.423. The highest BCUT2D eigenvalue weighted by Gasteiger charge is 2.12. The summed E-state index contributed by atoms with van der Waals surface area (Å²) in [5.74, 6) is 1.41. The topological polar surface area (TPSA) is 69.2 Å². The Hall–Kier alpha value is -3.80. The van der Waals surface area contributed by atoms with Crippen molar-refractivity contribution in [2.75, 3.05) is 13.7 Å². The Morgan fingerprint density at radius 2 is 1.70 bits per heavy atom.